The molecule has 0 saturated heterocycles. The fourth-order valence-corrected chi connectivity index (χ4v) is 2.97. The van der Waals surface area contributed by atoms with Gasteiger partial charge in [-0.1, -0.05) is 19.9 Å². The summed E-state index contributed by atoms with van der Waals surface area (Å²) in [7, 11) is 0. The van der Waals surface area contributed by atoms with Crippen LogP contribution in [0.1, 0.15) is 31.2 Å². The van der Waals surface area contributed by atoms with Crippen molar-refractivity contribution >= 4 is 34.4 Å². The molecule has 0 bridgehead atoms. The number of aryl methyl sites for hydroxylation is 1. The van der Waals surface area contributed by atoms with Crippen molar-refractivity contribution in [3.05, 3.63) is 33.3 Å². The fraction of sp³-hybridized carbons (Fsp3) is 0.333. The second kappa shape index (κ2) is 5.93. The lowest BCUT2D eigenvalue weighted by molar-refractivity contribution is -0.191. The molecule has 0 fully saturated rings. The third kappa shape index (κ3) is 2.92. The first kappa shape index (κ1) is 13.9. The van der Waals surface area contributed by atoms with Crippen LogP contribution in [0.2, 0.25) is 0 Å². The summed E-state index contributed by atoms with van der Waals surface area (Å²) in [5.41, 5.74) is 3.49. The zero-order valence-electron chi connectivity index (χ0n) is 9.90. The van der Waals surface area contributed by atoms with E-state index in [4.69, 9.17) is 9.59 Å². The van der Waals surface area contributed by atoms with E-state index < -0.39 is 0 Å². The van der Waals surface area contributed by atoms with Gasteiger partial charge in [0.15, 0.2) is 0 Å². The van der Waals surface area contributed by atoms with Crippen LogP contribution in [-0.2, 0) is 9.59 Å². The molecule has 0 radical (unpaired) electrons. The molecule has 0 saturated carbocycles. The number of aromatic nitrogens is 2. The molecule has 5 heteroatoms. The molecular weight excluding hydrogens is 331 g/mol. The van der Waals surface area contributed by atoms with E-state index in [0.29, 0.717) is 5.92 Å². The summed E-state index contributed by atoms with van der Waals surface area (Å²) in [6, 6.07) is 6.22. The van der Waals surface area contributed by atoms with Crippen molar-refractivity contribution < 1.29 is 9.59 Å². The number of pyridine rings is 1. The molecule has 0 N–H and O–H groups in total. The van der Waals surface area contributed by atoms with Crippen LogP contribution in [0, 0.1) is 10.6 Å². The summed E-state index contributed by atoms with van der Waals surface area (Å²) in [5.74, 6) is 0.487. The van der Waals surface area contributed by atoms with Crippen molar-refractivity contribution in [2.24, 2.45) is 0 Å². The van der Waals surface area contributed by atoms with Crippen LogP contribution in [0.5, 0.6) is 0 Å². The fourth-order valence-electron chi connectivity index (χ4n) is 1.60. The minimum atomic E-state index is 0.250. The number of imidazole rings is 1. The van der Waals surface area contributed by atoms with Crippen molar-refractivity contribution in [2.75, 3.05) is 0 Å². The van der Waals surface area contributed by atoms with Crippen molar-refractivity contribution in [3.8, 4) is 0 Å². The van der Waals surface area contributed by atoms with E-state index in [0.717, 1.165) is 5.65 Å². The molecule has 2 heterocycles. The van der Waals surface area contributed by atoms with Crippen molar-refractivity contribution in [1.82, 2.24) is 9.38 Å². The Hall–Kier alpha value is -1.20. The van der Waals surface area contributed by atoms with Crippen LogP contribution in [-0.4, -0.2) is 15.5 Å². The van der Waals surface area contributed by atoms with Gasteiger partial charge in [0.1, 0.15) is 9.35 Å². The smallest absolute Gasteiger partial charge is 0.292 e. The summed E-state index contributed by atoms with van der Waals surface area (Å²) in [5, 5.41) is 0. The quantitative estimate of drug-likeness (QED) is 0.748. The molecule has 0 unspecified atom stereocenters. The molecule has 0 aromatic carbocycles. The van der Waals surface area contributed by atoms with Crippen LogP contribution in [0.4, 0.5) is 0 Å². The highest BCUT2D eigenvalue weighted by atomic mass is 127. The number of fused-ring (bicyclic) bond motifs is 1. The minimum Gasteiger partial charge on any atom is -0.292 e. The molecule has 0 aliphatic carbocycles. The van der Waals surface area contributed by atoms with E-state index in [9.17, 15) is 0 Å². The maximum Gasteiger partial charge on any atom is 0.373 e. The van der Waals surface area contributed by atoms with E-state index in [1.54, 1.807) is 0 Å². The largest absolute Gasteiger partial charge is 0.373 e. The molecule has 0 atom stereocenters. The molecule has 2 rings (SSSR count). The Kier molecular flexibility index (Phi) is 4.84. The van der Waals surface area contributed by atoms with E-state index >= 15 is 0 Å². The zero-order chi connectivity index (χ0) is 13.0. The average Bonchev–Trinajstić information content (AvgIpc) is 2.59. The van der Waals surface area contributed by atoms with Crippen LogP contribution < -0.4 is 0 Å². The van der Waals surface area contributed by atoms with E-state index in [-0.39, 0.29) is 6.15 Å². The van der Waals surface area contributed by atoms with Gasteiger partial charge in [-0.3, -0.25) is 4.40 Å². The number of halogens is 1. The standard InChI is InChI=1S/C11H13IN2.CO2/c1-7(2)10-11(12)14-8(3)5-4-6-9(14)13-10;2-1-3/h4-7H,1-3H3;. The summed E-state index contributed by atoms with van der Waals surface area (Å²) in [4.78, 5) is 20.9. The van der Waals surface area contributed by atoms with E-state index in [1.807, 2.05) is 0 Å². The number of hydrogen-bond acceptors (Lipinski definition) is 3. The highest BCUT2D eigenvalue weighted by Crippen LogP contribution is 2.23. The lowest BCUT2D eigenvalue weighted by Crippen LogP contribution is -1.94. The maximum absolute atomic E-state index is 8.12. The van der Waals surface area contributed by atoms with Crippen LogP contribution >= 0.6 is 22.6 Å². The molecule has 2 aromatic rings. The highest BCUT2D eigenvalue weighted by Gasteiger charge is 2.12. The SMILES string of the molecule is Cc1cccc2nc(C(C)C)c(I)n12.O=C=O. The monoisotopic (exact) mass is 344 g/mol. The molecule has 0 amide bonds. The van der Waals surface area contributed by atoms with E-state index in [1.165, 1.54) is 15.1 Å². The first-order valence-corrected chi connectivity index (χ1v) is 6.23. The van der Waals surface area contributed by atoms with Crippen molar-refractivity contribution in [3.63, 3.8) is 0 Å². The minimum absolute atomic E-state index is 0.250. The van der Waals surface area contributed by atoms with Crippen LogP contribution in [0.15, 0.2) is 18.2 Å². The number of nitrogens with zero attached hydrogens (tertiary/aromatic N) is 2. The molecule has 0 aliphatic rings. The highest BCUT2D eigenvalue weighted by molar-refractivity contribution is 14.1. The maximum atomic E-state index is 8.12. The third-order valence-corrected chi connectivity index (χ3v) is 3.39. The Balaban J connectivity index is 0.000000437. The molecule has 0 aliphatic heterocycles. The second-order valence-corrected chi connectivity index (χ2v) is 4.91. The van der Waals surface area contributed by atoms with Crippen molar-refractivity contribution in [1.29, 1.82) is 0 Å². The zero-order valence-corrected chi connectivity index (χ0v) is 12.1. The van der Waals surface area contributed by atoms with Gasteiger partial charge in [0.2, 0.25) is 0 Å². The molecule has 17 heavy (non-hydrogen) atoms. The third-order valence-electron chi connectivity index (χ3n) is 2.35. The number of carbonyl (C=O) groups excluding carboxylic acids is 2. The summed E-state index contributed by atoms with van der Waals surface area (Å²) in [6.45, 7) is 6.47. The Labute approximate surface area is 113 Å². The lowest BCUT2D eigenvalue weighted by Gasteiger charge is -2.02. The lowest BCUT2D eigenvalue weighted by atomic mass is 10.2. The Morgan fingerprint density at radius 3 is 2.41 bits per heavy atom. The molecule has 90 valence electrons. The Morgan fingerprint density at radius 2 is 1.94 bits per heavy atom. The van der Waals surface area contributed by atoms with Gasteiger partial charge >= 0.3 is 6.15 Å². The Morgan fingerprint density at radius 1 is 1.35 bits per heavy atom. The summed E-state index contributed by atoms with van der Waals surface area (Å²) in [6.07, 6.45) is 0.250. The first-order chi connectivity index (χ1) is 8.02. The topological polar surface area (TPSA) is 51.4 Å². The van der Waals surface area contributed by atoms with Crippen molar-refractivity contribution in [2.45, 2.75) is 26.7 Å². The normalized spacial score (nSPS) is 9.94. The van der Waals surface area contributed by atoms with Crippen LogP contribution in [0.25, 0.3) is 5.65 Å². The first-order valence-electron chi connectivity index (χ1n) is 5.15. The number of rotatable bonds is 1. The molecular formula is C12H13IN2O2. The molecule has 4 nitrogen and oxygen atoms in total. The second-order valence-electron chi connectivity index (χ2n) is 3.89. The van der Waals surface area contributed by atoms with Gasteiger partial charge < -0.3 is 0 Å². The predicted molar refractivity (Wildman–Crippen MR) is 71.7 cm³/mol. The van der Waals surface area contributed by atoms with Crippen LogP contribution in [0.3, 0.4) is 0 Å². The van der Waals surface area contributed by atoms with Gasteiger partial charge in [0, 0.05) is 5.69 Å². The van der Waals surface area contributed by atoms with E-state index in [2.05, 4.69) is 70.9 Å². The summed E-state index contributed by atoms with van der Waals surface area (Å²) >= 11 is 2.38. The van der Waals surface area contributed by atoms with Gasteiger partial charge in [-0.25, -0.2) is 4.98 Å². The summed E-state index contributed by atoms with van der Waals surface area (Å²) < 4.78 is 3.45. The van der Waals surface area contributed by atoms with Gasteiger partial charge in [-0.05, 0) is 47.6 Å². The predicted octanol–water partition coefficient (Wildman–Crippen LogP) is 2.79. The van der Waals surface area contributed by atoms with Gasteiger partial charge in [0.25, 0.3) is 0 Å². The molecule has 2 aromatic heterocycles. The van der Waals surface area contributed by atoms with Gasteiger partial charge in [-0.2, -0.15) is 9.59 Å². The Bertz CT molecular complexity index is 555. The number of hydrogen-bond donors (Lipinski definition) is 0. The molecule has 0 spiro atoms. The van der Waals surface area contributed by atoms with Gasteiger partial charge in [0.05, 0.1) is 5.69 Å². The van der Waals surface area contributed by atoms with Gasteiger partial charge in [-0.15, -0.1) is 0 Å². The average molecular weight is 344 g/mol.